The molecule has 0 aromatic heterocycles. The first-order valence-corrected chi connectivity index (χ1v) is 7.13. The van der Waals surface area contributed by atoms with Gasteiger partial charge in [-0.15, -0.1) is 0 Å². The maximum Gasteiger partial charge on any atom is 0.0693 e. The molecular formula is C17H23N. The molecule has 0 aliphatic heterocycles. The molecule has 18 heavy (non-hydrogen) atoms. The Labute approximate surface area is 111 Å². The molecule has 0 amide bonds. The summed E-state index contributed by atoms with van der Waals surface area (Å²) in [6, 6.07) is 9.29. The average Bonchev–Trinajstić information content (AvgIpc) is 2.60. The van der Waals surface area contributed by atoms with Gasteiger partial charge in [0.2, 0.25) is 0 Å². The third-order valence-electron chi connectivity index (χ3n) is 4.41. The lowest BCUT2D eigenvalue weighted by Crippen LogP contribution is -2.21. The molecule has 96 valence electrons. The van der Waals surface area contributed by atoms with Crippen molar-refractivity contribution >= 4 is 0 Å². The topological polar surface area (TPSA) is 23.8 Å². The van der Waals surface area contributed by atoms with Crippen molar-refractivity contribution in [1.82, 2.24) is 0 Å². The number of benzene rings is 1. The number of hydrogen-bond donors (Lipinski definition) is 0. The zero-order valence-electron chi connectivity index (χ0n) is 11.6. The lowest BCUT2D eigenvalue weighted by Gasteiger charge is -2.25. The van der Waals surface area contributed by atoms with E-state index in [1.54, 1.807) is 0 Å². The smallest absolute Gasteiger partial charge is 0.0693 e. The van der Waals surface area contributed by atoms with Crippen molar-refractivity contribution in [2.24, 2.45) is 5.41 Å². The molecule has 0 N–H and O–H groups in total. The predicted molar refractivity (Wildman–Crippen MR) is 75.4 cm³/mol. The van der Waals surface area contributed by atoms with E-state index in [1.165, 1.54) is 42.4 Å². The van der Waals surface area contributed by atoms with Crippen LogP contribution in [0.25, 0.3) is 0 Å². The van der Waals surface area contributed by atoms with Crippen LogP contribution in [0.1, 0.15) is 55.2 Å². The highest BCUT2D eigenvalue weighted by molar-refractivity contribution is 5.31. The number of hydrogen-bond acceptors (Lipinski definition) is 1. The molecule has 1 aromatic rings. The first kappa shape index (κ1) is 13.1. The van der Waals surface area contributed by atoms with Crippen LogP contribution < -0.4 is 0 Å². The molecule has 1 nitrogen and oxygen atoms in total. The molecule has 0 atom stereocenters. The summed E-state index contributed by atoms with van der Waals surface area (Å²) in [7, 11) is 0. The minimum absolute atomic E-state index is 0.0990. The van der Waals surface area contributed by atoms with Gasteiger partial charge in [-0.1, -0.05) is 43.9 Å². The zero-order valence-corrected chi connectivity index (χ0v) is 11.6. The van der Waals surface area contributed by atoms with Crippen molar-refractivity contribution in [2.45, 2.75) is 58.8 Å². The van der Waals surface area contributed by atoms with Crippen LogP contribution in [-0.4, -0.2) is 0 Å². The van der Waals surface area contributed by atoms with E-state index in [4.69, 9.17) is 0 Å². The first-order valence-electron chi connectivity index (χ1n) is 7.13. The summed E-state index contributed by atoms with van der Waals surface area (Å²) in [6.07, 6.45) is 8.14. The van der Waals surface area contributed by atoms with Crippen molar-refractivity contribution in [3.05, 3.63) is 34.9 Å². The third kappa shape index (κ3) is 2.93. The lowest BCUT2D eigenvalue weighted by atomic mass is 9.76. The molecule has 0 spiro atoms. The second-order valence-corrected chi connectivity index (χ2v) is 5.90. The molecule has 1 aliphatic carbocycles. The van der Waals surface area contributed by atoms with E-state index in [0.29, 0.717) is 0 Å². The summed E-state index contributed by atoms with van der Waals surface area (Å²) in [5.41, 5.74) is 3.92. The van der Waals surface area contributed by atoms with Gasteiger partial charge in [0.1, 0.15) is 0 Å². The van der Waals surface area contributed by atoms with E-state index in [2.05, 4.69) is 38.1 Å². The quantitative estimate of drug-likeness (QED) is 0.688. The van der Waals surface area contributed by atoms with Gasteiger partial charge < -0.3 is 0 Å². The lowest BCUT2D eigenvalue weighted by molar-refractivity contribution is 0.339. The van der Waals surface area contributed by atoms with Crippen molar-refractivity contribution in [3.8, 4) is 6.07 Å². The highest BCUT2D eigenvalue weighted by Crippen LogP contribution is 2.37. The molecule has 0 saturated heterocycles. The number of nitrogens with zero attached hydrogens (tertiary/aromatic N) is 1. The zero-order chi connectivity index (χ0) is 13.0. The fourth-order valence-electron chi connectivity index (χ4n) is 3.04. The van der Waals surface area contributed by atoms with Crippen molar-refractivity contribution in [3.63, 3.8) is 0 Å². The fourth-order valence-corrected chi connectivity index (χ4v) is 3.04. The first-order chi connectivity index (χ1) is 8.65. The molecule has 1 aliphatic rings. The Morgan fingerprint density at radius 3 is 2.28 bits per heavy atom. The Morgan fingerprint density at radius 2 is 1.72 bits per heavy atom. The largest absolute Gasteiger partial charge is 0.198 e. The summed E-state index contributed by atoms with van der Waals surface area (Å²) >= 11 is 0. The molecule has 1 aromatic carbocycles. The summed E-state index contributed by atoms with van der Waals surface area (Å²) in [4.78, 5) is 0. The van der Waals surface area contributed by atoms with Crippen LogP contribution >= 0.6 is 0 Å². The van der Waals surface area contributed by atoms with Crippen LogP contribution in [0.15, 0.2) is 18.2 Å². The van der Waals surface area contributed by atoms with Gasteiger partial charge in [-0.05, 0) is 49.8 Å². The number of nitriles is 1. The van der Waals surface area contributed by atoms with E-state index < -0.39 is 0 Å². The van der Waals surface area contributed by atoms with Gasteiger partial charge in [-0.3, -0.25) is 0 Å². The van der Waals surface area contributed by atoms with E-state index in [-0.39, 0.29) is 5.41 Å². The van der Waals surface area contributed by atoms with E-state index in [0.717, 1.165) is 19.3 Å². The summed E-state index contributed by atoms with van der Waals surface area (Å²) in [5, 5.41) is 9.60. The molecule has 1 fully saturated rings. The average molecular weight is 241 g/mol. The van der Waals surface area contributed by atoms with Gasteiger partial charge in [0, 0.05) is 0 Å². The minimum atomic E-state index is -0.0990. The Kier molecular flexibility index (Phi) is 4.07. The minimum Gasteiger partial charge on any atom is -0.198 e. The van der Waals surface area contributed by atoms with Crippen molar-refractivity contribution < 1.29 is 0 Å². The van der Waals surface area contributed by atoms with E-state index in [1.807, 2.05) is 0 Å². The molecule has 2 rings (SSSR count). The summed E-state index contributed by atoms with van der Waals surface area (Å²) in [5.74, 6) is 0. The van der Waals surface area contributed by atoms with Gasteiger partial charge in [0.25, 0.3) is 0 Å². The van der Waals surface area contributed by atoms with Gasteiger partial charge in [-0.25, -0.2) is 0 Å². The Hall–Kier alpha value is -1.29. The summed E-state index contributed by atoms with van der Waals surface area (Å²) in [6.45, 7) is 4.30. The van der Waals surface area contributed by atoms with Crippen LogP contribution in [-0.2, 0) is 6.42 Å². The van der Waals surface area contributed by atoms with Gasteiger partial charge in [-0.2, -0.15) is 5.26 Å². The fraction of sp³-hybridized carbons (Fsp3) is 0.588. The monoisotopic (exact) mass is 241 g/mol. The molecular weight excluding hydrogens is 218 g/mol. The molecule has 1 heteroatoms. The van der Waals surface area contributed by atoms with Crippen LogP contribution in [0, 0.1) is 30.6 Å². The molecule has 0 heterocycles. The van der Waals surface area contributed by atoms with Crippen LogP contribution in [0.4, 0.5) is 0 Å². The SMILES string of the molecule is Cc1ccc(CC2(C#N)CCCCCC2)cc1C. The predicted octanol–water partition coefficient (Wildman–Crippen LogP) is 4.71. The second kappa shape index (κ2) is 5.57. The maximum absolute atomic E-state index is 9.60. The standard InChI is InChI=1S/C17H23N/c1-14-7-8-16(11-15(14)2)12-17(13-18)9-5-3-4-6-10-17/h7-8,11H,3-6,9-10,12H2,1-2H3. The molecule has 1 saturated carbocycles. The highest BCUT2D eigenvalue weighted by Gasteiger charge is 2.31. The summed E-state index contributed by atoms with van der Waals surface area (Å²) < 4.78 is 0. The number of rotatable bonds is 2. The van der Waals surface area contributed by atoms with Crippen LogP contribution in [0.2, 0.25) is 0 Å². The molecule has 0 radical (unpaired) electrons. The van der Waals surface area contributed by atoms with Crippen molar-refractivity contribution in [1.29, 1.82) is 5.26 Å². The second-order valence-electron chi connectivity index (χ2n) is 5.90. The highest BCUT2D eigenvalue weighted by atomic mass is 14.4. The third-order valence-corrected chi connectivity index (χ3v) is 4.41. The van der Waals surface area contributed by atoms with Crippen LogP contribution in [0.5, 0.6) is 0 Å². The Bertz CT molecular complexity index is 445. The van der Waals surface area contributed by atoms with Gasteiger partial charge in [0.15, 0.2) is 0 Å². The van der Waals surface area contributed by atoms with Crippen LogP contribution in [0.3, 0.4) is 0 Å². The number of aryl methyl sites for hydroxylation is 2. The van der Waals surface area contributed by atoms with Crippen molar-refractivity contribution in [2.75, 3.05) is 0 Å². The molecule has 0 bridgehead atoms. The van der Waals surface area contributed by atoms with E-state index >= 15 is 0 Å². The molecule has 0 unspecified atom stereocenters. The van der Waals surface area contributed by atoms with Gasteiger partial charge in [0.05, 0.1) is 11.5 Å². The maximum atomic E-state index is 9.60. The Morgan fingerprint density at radius 1 is 1.06 bits per heavy atom. The normalized spacial score (nSPS) is 18.9. The van der Waals surface area contributed by atoms with Gasteiger partial charge >= 0.3 is 0 Å². The Balaban J connectivity index is 2.18. The van der Waals surface area contributed by atoms with E-state index in [9.17, 15) is 5.26 Å².